The lowest BCUT2D eigenvalue weighted by Crippen LogP contribution is -2.59. The summed E-state index contributed by atoms with van der Waals surface area (Å²) in [4.78, 5) is 2.31. The number of likely N-dealkylation sites (N-methyl/N-ethyl adjacent to an activating group) is 1. The Hall–Kier alpha value is -2.69. The maximum absolute atomic E-state index is 9.60. The second-order valence-electron chi connectivity index (χ2n) is 6.25. The maximum Gasteiger partial charge on any atom is 0.160 e. The Morgan fingerprint density at radius 3 is 2.61 bits per heavy atom. The monoisotopic (exact) mass is 308 g/mol. The van der Waals surface area contributed by atoms with E-state index in [0.717, 1.165) is 35.7 Å². The minimum absolute atomic E-state index is 0.279. The minimum atomic E-state index is -0.401. The minimum Gasteiger partial charge on any atom is -0.508 e. The molecule has 0 bridgehead atoms. The Morgan fingerprint density at radius 1 is 1.09 bits per heavy atom. The number of hydrazone groups is 1. The van der Waals surface area contributed by atoms with Crippen LogP contribution in [-0.4, -0.2) is 41.0 Å². The van der Waals surface area contributed by atoms with Crippen LogP contribution >= 0.6 is 0 Å². The van der Waals surface area contributed by atoms with Crippen molar-refractivity contribution in [3.8, 4) is 5.75 Å². The molecule has 0 spiro atoms. The largest absolute Gasteiger partial charge is 0.508 e. The summed E-state index contributed by atoms with van der Waals surface area (Å²) >= 11 is 0. The molecule has 2 aromatic rings. The van der Waals surface area contributed by atoms with Gasteiger partial charge in [-0.3, -0.25) is 5.01 Å². The van der Waals surface area contributed by atoms with Crippen LogP contribution in [0.1, 0.15) is 18.1 Å². The first-order chi connectivity index (χ1) is 11.1. The van der Waals surface area contributed by atoms with Gasteiger partial charge in [0.15, 0.2) is 5.84 Å². The van der Waals surface area contributed by atoms with Crippen molar-refractivity contribution in [2.75, 3.05) is 25.5 Å². The number of phenols is 1. The van der Waals surface area contributed by atoms with Crippen LogP contribution in [0.5, 0.6) is 5.75 Å². The van der Waals surface area contributed by atoms with Gasteiger partial charge >= 0.3 is 0 Å². The van der Waals surface area contributed by atoms with E-state index in [9.17, 15) is 5.11 Å². The average molecular weight is 308 g/mol. The summed E-state index contributed by atoms with van der Waals surface area (Å²) in [6.07, 6.45) is 0. The number of fused-ring (bicyclic) bond motifs is 3. The SMILES string of the molecule is CN1CCN2C(=N1)c1ccccc1NC2(C)c1ccc(O)cc1. The second kappa shape index (κ2) is 4.91. The highest BCUT2D eigenvalue weighted by Crippen LogP contribution is 2.39. The van der Waals surface area contributed by atoms with Gasteiger partial charge in [-0.15, -0.1) is 0 Å². The lowest BCUT2D eigenvalue weighted by Gasteiger charge is -2.50. The number of hydrogen-bond acceptors (Lipinski definition) is 5. The lowest BCUT2D eigenvalue weighted by atomic mass is 9.93. The molecule has 2 aliphatic rings. The molecule has 23 heavy (non-hydrogen) atoms. The Morgan fingerprint density at radius 2 is 1.83 bits per heavy atom. The number of para-hydroxylation sites is 1. The van der Waals surface area contributed by atoms with Gasteiger partial charge in [-0.1, -0.05) is 24.3 Å². The van der Waals surface area contributed by atoms with E-state index in [1.807, 2.05) is 36.3 Å². The molecular formula is C18H20N4O. The summed E-state index contributed by atoms with van der Waals surface area (Å²) in [6.45, 7) is 3.92. The second-order valence-corrected chi connectivity index (χ2v) is 6.25. The van der Waals surface area contributed by atoms with E-state index in [0.29, 0.717) is 0 Å². The number of nitrogens with one attached hydrogen (secondary N) is 1. The molecule has 0 fully saturated rings. The van der Waals surface area contributed by atoms with Crippen molar-refractivity contribution in [2.45, 2.75) is 12.6 Å². The number of nitrogens with zero attached hydrogens (tertiary/aromatic N) is 3. The third-order valence-corrected chi connectivity index (χ3v) is 4.68. The zero-order valence-electron chi connectivity index (χ0n) is 13.3. The number of rotatable bonds is 1. The van der Waals surface area contributed by atoms with Crippen LogP contribution in [0.25, 0.3) is 0 Å². The first-order valence-electron chi connectivity index (χ1n) is 7.82. The molecule has 5 heteroatoms. The van der Waals surface area contributed by atoms with Gasteiger partial charge in [0.1, 0.15) is 11.4 Å². The van der Waals surface area contributed by atoms with Crippen molar-refractivity contribution in [1.82, 2.24) is 9.91 Å². The molecule has 0 amide bonds. The quantitative estimate of drug-likeness (QED) is 0.850. The molecule has 1 atom stereocenters. The molecule has 2 aliphatic heterocycles. The fourth-order valence-electron chi connectivity index (χ4n) is 3.38. The maximum atomic E-state index is 9.60. The van der Waals surface area contributed by atoms with Crippen LogP contribution in [0.3, 0.4) is 0 Å². The first kappa shape index (κ1) is 13.9. The molecule has 2 heterocycles. The topological polar surface area (TPSA) is 51.1 Å². The molecule has 1 unspecified atom stereocenters. The van der Waals surface area contributed by atoms with Crippen molar-refractivity contribution < 1.29 is 5.11 Å². The lowest BCUT2D eigenvalue weighted by molar-refractivity contribution is 0.167. The van der Waals surface area contributed by atoms with Gasteiger partial charge in [0.25, 0.3) is 0 Å². The van der Waals surface area contributed by atoms with E-state index in [4.69, 9.17) is 5.10 Å². The predicted octanol–water partition coefficient (Wildman–Crippen LogP) is 2.60. The van der Waals surface area contributed by atoms with Gasteiger partial charge in [-0.05, 0) is 36.8 Å². The standard InChI is InChI=1S/C18H20N4O/c1-18(13-7-9-14(23)10-8-13)19-16-6-4-3-5-15(16)17-20-21(2)11-12-22(17)18/h3-10,19,23H,11-12H2,1-2H3. The van der Waals surface area contributed by atoms with Crippen molar-refractivity contribution in [1.29, 1.82) is 0 Å². The highest BCUT2D eigenvalue weighted by Gasteiger charge is 2.42. The van der Waals surface area contributed by atoms with Crippen LogP contribution in [0.2, 0.25) is 0 Å². The van der Waals surface area contributed by atoms with E-state index in [-0.39, 0.29) is 5.75 Å². The van der Waals surface area contributed by atoms with Crippen LogP contribution in [0.4, 0.5) is 5.69 Å². The van der Waals surface area contributed by atoms with E-state index in [2.05, 4.69) is 29.3 Å². The third-order valence-electron chi connectivity index (χ3n) is 4.68. The van der Waals surface area contributed by atoms with Gasteiger partial charge in [-0.25, -0.2) is 0 Å². The number of phenolic OH excluding ortho intramolecular Hbond substituents is 1. The highest BCUT2D eigenvalue weighted by molar-refractivity contribution is 6.06. The van der Waals surface area contributed by atoms with Gasteiger partial charge in [-0.2, -0.15) is 5.10 Å². The van der Waals surface area contributed by atoms with E-state index in [1.165, 1.54) is 0 Å². The summed E-state index contributed by atoms with van der Waals surface area (Å²) in [5, 5.41) is 20.0. The van der Waals surface area contributed by atoms with E-state index in [1.54, 1.807) is 12.1 Å². The fraction of sp³-hybridized carbons (Fsp3) is 0.278. The molecule has 0 saturated heterocycles. The zero-order valence-corrected chi connectivity index (χ0v) is 13.3. The predicted molar refractivity (Wildman–Crippen MR) is 91.4 cm³/mol. The molecule has 0 aromatic heterocycles. The zero-order chi connectivity index (χ0) is 16.0. The Kier molecular flexibility index (Phi) is 2.98. The molecule has 4 rings (SSSR count). The third kappa shape index (κ3) is 2.11. The van der Waals surface area contributed by atoms with Crippen LogP contribution in [0.15, 0.2) is 53.6 Å². The summed E-state index contributed by atoms with van der Waals surface area (Å²) in [5.74, 6) is 1.27. The molecule has 0 radical (unpaired) electrons. The van der Waals surface area contributed by atoms with E-state index >= 15 is 0 Å². The summed E-state index contributed by atoms with van der Waals surface area (Å²) in [5.41, 5.74) is 2.90. The van der Waals surface area contributed by atoms with Gasteiger partial charge in [0, 0.05) is 24.8 Å². The van der Waals surface area contributed by atoms with Gasteiger partial charge in [0.05, 0.1) is 6.54 Å². The number of anilines is 1. The smallest absolute Gasteiger partial charge is 0.160 e. The van der Waals surface area contributed by atoms with Crippen LogP contribution < -0.4 is 5.32 Å². The van der Waals surface area contributed by atoms with Crippen molar-refractivity contribution in [3.05, 3.63) is 59.7 Å². The normalized spacial score (nSPS) is 22.8. The number of amidine groups is 1. The molecular weight excluding hydrogens is 288 g/mol. The fourth-order valence-corrected chi connectivity index (χ4v) is 3.38. The molecule has 2 aromatic carbocycles. The Labute approximate surface area is 135 Å². The molecule has 0 saturated carbocycles. The summed E-state index contributed by atoms with van der Waals surface area (Å²) in [6, 6.07) is 15.7. The summed E-state index contributed by atoms with van der Waals surface area (Å²) < 4.78 is 0. The van der Waals surface area contributed by atoms with Crippen molar-refractivity contribution in [3.63, 3.8) is 0 Å². The number of aromatic hydroxyl groups is 1. The van der Waals surface area contributed by atoms with Gasteiger partial charge in [0.2, 0.25) is 0 Å². The number of hydrogen-bond donors (Lipinski definition) is 2. The highest BCUT2D eigenvalue weighted by atomic mass is 16.3. The molecule has 118 valence electrons. The van der Waals surface area contributed by atoms with Crippen LogP contribution in [0, 0.1) is 0 Å². The number of benzene rings is 2. The molecule has 5 nitrogen and oxygen atoms in total. The van der Waals surface area contributed by atoms with Crippen molar-refractivity contribution in [2.24, 2.45) is 5.10 Å². The first-order valence-corrected chi connectivity index (χ1v) is 7.82. The Balaban J connectivity index is 1.89. The van der Waals surface area contributed by atoms with Crippen molar-refractivity contribution >= 4 is 11.5 Å². The van der Waals surface area contributed by atoms with E-state index < -0.39 is 5.66 Å². The summed E-state index contributed by atoms with van der Waals surface area (Å²) in [7, 11) is 2.01. The van der Waals surface area contributed by atoms with Crippen LogP contribution in [-0.2, 0) is 5.66 Å². The Bertz CT molecular complexity index is 771. The van der Waals surface area contributed by atoms with Gasteiger partial charge < -0.3 is 15.3 Å². The molecule has 2 N–H and O–H groups in total. The molecule has 0 aliphatic carbocycles. The average Bonchev–Trinajstić information content (AvgIpc) is 2.55.